The van der Waals surface area contributed by atoms with E-state index in [2.05, 4.69) is 10.3 Å². The number of anilines is 1. The molecule has 10 heteroatoms. The monoisotopic (exact) mass is 494 g/mol. The SMILES string of the molecule is Cc1cccc(-n2c(SCC(=O)Nc3cccc([N+](=O)[O-])c3C)nc3cc(Cl)ccc3c2=O)c1. The van der Waals surface area contributed by atoms with Crippen molar-refractivity contribution >= 4 is 51.5 Å². The molecule has 34 heavy (non-hydrogen) atoms. The van der Waals surface area contributed by atoms with Gasteiger partial charge in [-0.3, -0.25) is 24.3 Å². The molecule has 0 aliphatic rings. The van der Waals surface area contributed by atoms with Crippen LogP contribution in [0.4, 0.5) is 11.4 Å². The van der Waals surface area contributed by atoms with Gasteiger partial charge in [0.05, 0.1) is 38.5 Å². The van der Waals surface area contributed by atoms with Crippen LogP contribution in [-0.2, 0) is 4.79 Å². The van der Waals surface area contributed by atoms with Gasteiger partial charge < -0.3 is 5.32 Å². The Labute approximate surface area is 203 Å². The Kier molecular flexibility index (Phi) is 6.67. The maximum absolute atomic E-state index is 13.4. The van der Waals surface area contributed by atoms with Crippen molar-refractivity contribution in [2.75, 3.05) is 11.1 Å². The molecule has 0 spiro atoms. The van der Waals surface area contributed by atoms with Crippen molar-refractivity contribution in [2.24, 2.45) is 0 Å². The number of nitro benzene ring substituents is 1. The molecule has 0 bridgehead atoms. The first-order valence-electron chi connectivity index (χ1n) is 10.2. The van der Waals surface area contributed by atoms with E-state index < -0.39 is 4.92 Å². The normalized spacial score (nSPS) is 10.9. The Morgan fingerprint density at radius 1 is 1.15 bits per heavy atom. The van der Waals surface area contributed by atoms with E-state index in [0.717, 1.165) is 17.3 Å². The first-order valence-corrected chi connectivity index (χ1v) is 11.6. The minimum absolute atomic E-state index is 0.0630. The largest absolute Gasteiger partial charge is 0.325 e. The van der Waals surface area contributed by atoms with Crippen molar-refractivity contribution < 1.29 is 9.72 Å². The Balaban J connectivity index is 1.68. The average molecular weight is 495 g/mol. The summed E-state index contributed by atoms with van der Waals surface area (Å²) in [5, 5.41) is 15.1. The fraction of sp³-hybridized carbons (Fsp3) is 0.125. The maximum atomic E-state index is 13.4. The zero-order valence-electron chi connectivity index (χ0n) is 18.2. The highest BCUT2D eigenvalue weighted by Gasteiger charge is 2.18. The second-order valence-corrected chi connectivity index (χ2v) is 8.96. The second kappa shape index (κ2) is 9.66. The van der Waals surface area contributed by atoms with Gasteiger partial charge in [0.15, 0.2) is 5.16 Å². The van der Waals surface area contributed by atoms with Gasteiger partial charge in [0.1, 0.15) is 0 Å². The van der Waals surface area contributed by atoms with Crippen LogP contribution in [0.2, 0.25) is 5.02 Å². The summed E-state index contributed by atoms with van der Waals surface area (Å²) in [5.41, 5.74) is 2.40. The predicted molar refractivity (Wildman–Crippen MR) is 134 cm³/mol. The number of fused-ring (bicyclic) bond motifs is 1. The van der Waals surface area contributed by atoms with Crippen LogP contribution in [0.1, 0.15) is 11.1 Å². The number of benzene rings is 3. The van der Waals surface area contributed by atoms with E-state index in [0.29, 0.717) is 38.0 Å². The molecule has 0 saturated carbocycles. The number of hydrogen-bond donors (Lipinski definition) is 1. The lowest BCUT2D eigenvalue weighted by molar-refractivity contribution is -0.385. The van der Waals surface area contributed by atoms with Gasteiger partial charge in [0, 0.05) is 11.1 Å². The molecule has 0 radical (unpaired) electrons. The highest BCUT2D eigenvalue weighted by molar-refractivity contribution is 7.99. The van der Waals surface area contributed by atoms with E-state index >= 15 is 0 Å². The van der Waals surface area contributed by atoms with Crippen LogP contribution in [0.5, 0.6) is 0 Å². The number of amides is 1. The summed E-state index contributed by atoms with van der Waals surface area (Å²) >= 11 is 7.19. The van der Waals surface area contributed by atoms with Crippen molar-refractivity contribution in [3.8, 4) is 5.69 Å². The van der Waals surface area contributed by atoms with Crippen LogP contribution < -0.4 is 10.9 Å². The number of rotatable bonds is 6. The molecule has 1 aromatic heterocycles. The molecule has 0 aliphatic heterocycles. The minimum Gasteiger partial charge on any atom is -0.325 e. The number of nitro groups is 1. The molecule has 1 N–H and O–H groups in total. The smallest absolute Gasteiger partial charge is 0.274 e. The molecule has 1 heterocycles. The maximum Gasteiger partial charge on any atom is 0.274 e. The molecule has 0 atom stereocenters. The van der Waals surface area contributed by atoms with Crippen LogP contribution in [0.25, 0.3) is 16.6 Å². The van der Waals surface area contributed by atoms with E-state index in [1.54, 1.807) is 37.3 Å². The number of halogens is 1. The van der Waals surface area contributed by atoms with Crippen LogP contribution in [0, 0.1) is 24.0 Å². The van der Waals surface area contributed by atoms with E-state index in [1.165, 1.54) is 16.7 Å². The van der Waals surface area contributed by atoms with Gasteiger partial charge in [-0.1, -0.05) is 41.6 Å². The van der Waals surface area contributed by atoms with Crippen LogP contribution >= 0.6 is 23.4 Å². The summed E-state index contributed by atoms with van der Waals surface area (Å²) in [6.07, 6.45) is 0. The summed E-state index contributed by atoms with van der Waals surface area (Å²) in [7, 11) is 0. The molecular formula is C24H19ClN4O4S. The number of thioether (sulfide) groups is 1. The van der Waals surface area contributed by atoms with Crippen molar-refractivity contribution in [1.82, 2.24) is 9.55 Å². The van der Waals surface area contributed by atoms with Gasteiger partial charge in [-0.2, -0.15) is 0 Å². The topological polar surface area (TPSA) is 107 Å². The third kappa shape index (κ3) is 4.80. The molecule has 0 saturated heterocycles. The third-order valence-electron chi connectivity index (χ3n) is 5.17. The van der Waals surface area contributed by atoms with Gasteiger partial charge in [0.25, 0.3) is 11.2 Å². The summed E-state index contributed by atoms with van der Waals surface area (Å²) in [6, 6.07) is 16.8. The molecule has 0 unspecified atom stereocenters. The number of carbonyl (C=O) groups excluding carboxylic acids is 1. The van der Waals surface area contributed by atoms with E-state index in [4.69, 9.17) is 11.6 Å². The first-order chi connectivity index (χ1) is 16.2. The average Bonchev–Trinajstić information content (AvgIpc) is 2.78. The first kappa shape index (κ1) is 23.5. The molecule has 1 amide bonds. The summed E-state index contributed by atoms with van der Waals surface area (Å²) in [5.74, 6) is -0.447. The molecule has 4 rings (SSSR count). The lowest BCUT2D eigenvalue weighted by atomic mass is 10.1. The van der Waals surface area contributed by atoms with Crippen LogP contribution in [0.3, 0.4) is 0 Å². The number of nitrogens with zero attached hydrogens (tertiary/aromatic N) is 3. The van der Waals surface area contributed by atoms with Gasteiger partial charge in [-0.05, 0) is 55.8 Å². The van der Waals surface area contributed by atoms with Crippen LogP contribution in [-0.4, -0.2) is 26.1 Å². The zero-order valence-corrected chi connectivity index (χ0v) is 19.8. The molecule has 8 nitrogen and oxygen atoms in total. The van der Waals surface area contributed by atoms with Crippen molar-refractivity contribution in [3.63, 3.8) is 0 Å². The zero-order chi connectivity index (χ0) is 24.4. The Hall–Kier alpha value is -3.69. The summed E-state index contributed by atoms with van der Waals surface area (Å²) < 4.78 is 1.47. The Bertz CT molecular complexity index is 1500. The molecule has 4 aromatic rings. The number of aryl methyl sites for hydroxylation is 1. The Morgan fingerprint density at radius 3 is 2.65 bits per heavy atom. The molecule has 0 aliphatic carbocycles. The second-order valence-electron chi connectivity index (χ2n) is 7.58. The minimum atomic E-state index is -0.496. The number of nitrogens with one attached hydrogen (secondary N) is 1. The van der Waals surface area contributed by atoms with Gasteiger partial charge in [-0.15, -0.1) is 0 Å². The Morgan fingerprint density at radius 2 is 1.91 bits per heavy atom. The lowest BCUT2D eigenvalue weighted by Crippen LogP contribution is -2.23. The standard InChI is InChI=1S/C24H19ClN4O4S/c1-14-5-3-6-17(11-14)28-23(31)18-10-9-16(25)12-20(18)27-24(28)34-13-22(30)26-19-7-4-8-21(15(19)2)29(32)33/h3-12H,13H2,1-2H3,(H,26,30). The molecule has 172 valence electrons. The van der Waals surface area contributed by atoms with Crippen LogP contribution in [0.15, 0.2) is 70.6 Å². The lowest BCUT2D eigenvalue weighted by Gasteiger charge is -2.14. The summed E-state index contributed by atoms with van der Waals surface area (Å²) in [4.78, 5) is 41.3. The van der Waals surface area contributed by atoms with E-state index in [-0.39, 0.29) is 22.9 Å². The van der Waals surface area contributed by atoms with E-state index in [9.17, 15) is 19.7 Å². The third-order valence-corrected chi connectivity index (χ3v) is 6.34. The fourth-order valence-corrected chi connectivity index (χ4v) is 4.48. The van der Waals surface area contributed by atoms with Gasteiger partial charge in [0.2, 0.25) is 5.91 Å². The van der Waals surface area contributed by atoms with Crippen molar-refractivity contribution in [2.45, 2.75) is 19.0 Å². The van der Waals surface area contributed by atoms with Gasteiger partial charge in [-0.25, -0.2) is 4.98 Å². The fourth-order valence-electron chi connectivity index (χ4n) is 3.50. The number of carbonyl (C=O) groups is 1. The predicted octanol–water partition coefficient (Wildman–Crippen LogP) is 5.29. The number of aromatic nitrogens is 2. The highest BCUT2D eigenvalue weighted by atomic mass is 35.5. The van der Waals surface area contributed by atoms with Crippen molar-refractivity contribution in [3.05, 3.63) is 97.3 Å². The van der Waals surface area contributed by atoms with Crippen molar-refractivity contribution in [1.29, 1.82) is 0 Å². The quantitative estimate of drug-likeness (QED) is 0.169. The summed E-state index contributed by atoms with van der Waals surface area (Å²) in [6.45, 7) is 3.50. The van der Waals surface area contributed by atoms with E-state index in [1.807, 2.05) is 25.1 Å². The molecule has 3 aromatic carbocycles. The number of hydrogen-bond acceptors (Lipinski definition) is 6. The molecule has 0 fully saturated rings. The van der Waals surface area contributed by atoms with Gasteiger partial charge >= 0.3 is 0 Å². The molecular weight excluding hydrogens is 476 g/mol. The highest BCUT2D eigenvalue weighted by Crippen LogP contribution is 2.27.